The van der Waals surface area contributed by atoms with Gasteiger partial charge in [-0.15, -0.1) is 0 Å². The van der Waals surface area contributed by atoms with E-state index in [1.807, 2.05) is 43.3 Å². The number of ether oxygens (including phenoxy) is 1. The Morgan fingerprint density at radius 1 is 1.06 bits per heavy atom. The summed E-state index contributed by atoms with van der Waals surface area (Å²) in [4.78, 5) is 38.3. The molecule has 0 aromatic heterocycles. The van der Waals surface area contributed by atoms with Crippen LogP contribution in [0.5, 0.6) is 0 Å². The maximum atomic E-state index is 12.9. The highest BCUT2D eigenvalue weighted by Gasteiger charge is 2.39. The van der Waals surface area contributed by atoms with Gasteiger partial charge in [0.05, 0.1) is 5.92 Å². The number of amides is 2. The molecule has 0 bridgehead atoms. The summed E-state index contributed by atoms with van der Waals surface area (Å²) < 4.78 is 5.55. The van der Waals surface area contributed by atoms with Crippen LogP contribution >= 0.6 is 0 Å². The Hall–Kier alpha value is -3.35. The number of nitrogens with zero attached hydrogens (tertiary/aromatic N) is 1. The second kappa shape index (κ2) is 9.02. The number of carboxylic acids is 1. The van der Waals surface area contributed by atoms with Crippen LogP contribution < -0.4 is 5.32 Å². The summed E-state index contributed by atoms with van der Waals surface area (Å²) in [6.07, 6.45) is -0.250. The normalized spacial score (nSPS) is 20.4. The van der Waals surface area contributed by atoms with E-state index >= 15 is 0 Å². The van der Waals surface area contributed by atoms with Crippen molar-refractivity contribution in [3.63, 3.8) is 0 Å². The molecular formula is C25H28N2O5. The largest absolute Gasteiger partial charge is 0.481 e. The number of carbonyl (C=O) groups excluding carboxylic acids is 2. The highest BCUT2D eigenvalue weighted by Crippen LogP contribution is 2.44. The van der Waals surface area contributed by atoms with Gasteiger partial charge in [-0.1, -0.05) is 62.4 Å². The molecule has 0 saturated carbocycles. The van der Waals surface area contributed by atoms with Crippen LogP contribution in [-0.4, -0.2) is 53.7 Å². The van der Waals surface area contributed by atoms with Crippen molar-refractivity contribution in [1.82, 2.24) is 10.2 Å². The lowest BCUT2D eigenvalue weighted by atomic mass is 9.98. The molecule has 2 N–H and O–H groups in total. The van der Waals surface area contributed by atoms with Gasteiger partial charge in [0.1, 0.15) is 12.6 Å². The Labute approximate surface area is 187 Å². The minimum atomic E-state index is -0.898. The van der Waals surface area contributed by atoms with Gasteiger partial charge in [-0.2, -0.15) is 0 Å². The molecule has 1 aliphatic heterocycles. The second-order valence-electron chi connectivity index (χ2n) is 8.60. The molecule has 1 saturated heterocycles. The van der Waals surface area contributed by atoms with Gasteiger partial charge in [-0.05, 0) is 34.6 Å². The summed E-state index contributed by atoms with van der Waals surface area (Å²) in [5, 5.41) is 12.0. The minimum Gasteiger partial charge on any atom is -0.481 e. The SMILES string of the molecule is CCC(NC(=O)OCC1c2ccccc2-c2ccccc21)C(=O)N1C[C@@H](C)[C@H](C(=O)O)C1. The second-order valence-corrected chi connectivity index (χ2v) is 8.60. The van der Waals surface area contributed by atoms with Crippen molar-refractivity contribution in [2.45, 2.75) is 32.2 Å². The maximum absolute atomic E-state index is 12.9. The lowest BCUT2D eigenvalue weighted by Gasteiger charge is -2.23. The Morgan fingerprint density at radius 2 is 1.66 bits per heavy atom. The fourth-order valence-corrected chi connectivity index (χ4v) is 4.81. The molecule has 0 spiro atoms. The number of carbonyl (C=O) groups is 3. The summed E-state index contributed by atoms with van der Waals surface area (Å²) in [7, 11) is 0. The molecule has 3 atom stereocenters. The van der Waals surface area contributed by atoms with E-state index in [0.29, 0.717) is 13.0 Å². The Balaban J connectivity index is 1.38. The van der Waals surface area contributed by atoms with Crippen molar-refractivity contribution < 1.29 is 24.2 Å². The lowest BCUT2D eigenvalue weighted by molar-refractivity contribution is -0.142. The first-order valence-electron chi connectivity index (χ1n) is 11.0. The van der Waals surface area contributed by atoms with Gasteiger partial charge in [0, 0.05) is 19.0 Å². The van der Waals surface area contributed by atoms with Crippen LogP contribution in [0.3, 0.4) is 0 Å². The van der Waals surface area contributed by atoms with Gasteiger partial charge >= 0.3 is 12.1 Å². The summed E-state index contributed by atoms with van der Waals surface area (Å²) in [5.74, 6) is -1.92. The number of benzene rings is 2. The molecule has 1 heterocycles. The zero-order valence-electron chi connectivity index (χ0n) is 18.3. The molecule has 0 radical (unpaired) electrons. The molecule has 2 aromatic carbocycles. The smallest absolute Gasteiger partial charge is 0.407 e. The molecule has 2 aromatic rings. The van der Waals surface area contributed by atoms with Gasteiger partial charge in [-0.3, -0.25) is 9.59 Å². The van der Waals surface area contributed by atoms with Gasteiger partial charge in [0.25, 0.3) is 0 Å². The number of nitrogens with one attached hydrogen (secondary N) is 1. The van der Waals surface area contributed by atoms with Crippen molar-refractivity contribution in [3.05, 3.63) is 59.7 Å². The molecule has 7 heteroatoms. The van der Waals surface area contributed by atoms with Gasteiger partial charge in [0.2, 0.25) is 5.91 Å². The number of rotatable bonds is 6. The number of likely N-dealkylation sites (tertiary alicyclic amines) is 1. The van der Waals surface area contributed by atoms with Crippen LogP contribution in [0.4, 0.5) is 4.79 Å². The first-order chi connectivity index (χ1) is 15.4. The fourth-order valence-electron chi connectivity index (χ4n) is 4.81. The number of fused-ring (bicyclic) bond motifs is 3. The van der Waals surface area contributed by atoms with Gasteiger partial charge in [-0.25, -0.2) is 4.79 Å². The summed E-state index contributed by atoms with van der Waals surface area (Å²) in [5.41, 5.74) is 4.54. The third-order valence-corrected chi connectivity index (χ3v) is 6.58. The quantitative estimate of drug-likeness (QED) is 0.723. The van der Waals surface area contributed by atoms with E-state index in [1.165, 1.54) is 4.90 Å². The number of carboxylic acid groups (broad SMARTS) is 1. The molecule has 1 aliphatic carbocycles. The monoisotopic (exact) mass is 436 g/mol. The van der Waals surface area contributed by atoms with E-state index in [9.17, 15) is 19.5 Å². The van der Waals surface area contributed by atoms with E-state index in [4.69, 9.17) is 4.74 Å². The molecule has 7 nitrogen and oxygen atoms in total. The van der Waals surface area contributed by atoms with Crippen LogP contribution in [0.1, 0.15) is 37.3 Å². The molecule has 4 rings (SSSR count). The average Bonchev–Trinajstić information content (AvgIpc) is 3.34. The topological polar surface area (TPSA) is 95.9 Å². The molecule has 32 heavy (non-hydrogen) atoms. The van der Waals surface area contributed by atoms with E-state index in [0.717, 1.165) is 22.3 Å². The van der Waals surface area contributed by atoms with E-state index < -0.39 is 24.0 Å². The lowest BCUT2D eigenvalue weighted by Crippen LogP contribution is -2.48. The van der Waals surface area contributed by atoms with Gasteiger partial charge < -0.3 is 20.1 Å². The minimum absolute atomic E-state index is 0.0558. The third-order valence-electron chi connectivity index (χ3n) is 6.58. The molecule has 1 fully saturated rings. The van der Waals surface area contributed by atoms with Crippen molar-refractivity contribution in [3.8, 4) is 11.1 Å². The van der Waals surface area contributed by atoms with Crippen molar-refractivity contribution in [2.75, 3.05) is 19.7 Å². The highest BCUT2D eigenvalue weighted by molar-refractivity contribution is 5.87. The van der Waals surface area contributed by atoms with Crippen molar-refractivity contribution in [2.24, 2.45) is 11.8 Å². The van der Waals surface area contributed by atoms with Crippen LogP contribution in [0.25, 0.3) is 11.1 Å². The van der Waals surface area contributed by atoms with Crippen LogP contribution in [0, 0.1) is 11.8 Å². The predicted molar refractivity (Wildman–Crippen MR) is 119 cm³/mol. The van der Waals surface area contributed by atoms with E-state index in [2.05, 4.69) is 17.4 Å². The van der Waals surface area contributed by atoms with Crippen molar-refractivity contribution in [1.29, 1.82) is 0 Å². The molecule has 1 unspecified atom stereocenters. The van der Waals surface area contributed by atoms with Crippen molar-refractivity contribution >= 4 is 18.0 Å². The molecule has 2 aliphatic rings. The number of aliphatic carboxylic acids is 1. The zero-order valence-corrected chi connectivity index (χ0v) is 18.3. The molecule has 168 valence electrons. The number of hydrogen-bond donors (Lipinski definition) is 2. The zero-order chi connectivity index (χ0) is 22.8. The highest BCUT2D eigenvalue weighted by atomic mass is 16.5. The van der Waals surface area contributed by atoms with Crippen LogP contribution in [0.15, 0.2) is 48.5 Å². The van der Waals surface area contributed by atoms with Crippen LogP contribution in [0.2, 0.25) is 0 Å². The Morgan fingerprint density at radius 3 is 2.19 bits per heavy atom. The maximum Gasteiger partial charge on any atom is 0.407 e. The third kappa shape index (κ3) is 4.07. The Bertz CT molecular complexity index is 991. The summed E-state index contributed by atoms with van der Waals surface area (Å²) in [6.45, 7) is 4.34. The molecule has 2 amide bonds. The standard InChI is InChI=1S/C25H28N2O5/c1-3-22(23(28)27-12-15(2)20(13-27)24(29)30)26-25(31)32-14-21-18-10-6-4-8-16(18)17-9-5-7-11-19(17)21/h4-11,15,20-22H,3,12-14H2,1-2H3,(H,26,31)(H,29,30)/t15-,20-,22?/m1/s1. The number of alkyl carbamates (subject to hydrolysis) is 1. The van der Waals surface area contributed by atoms with E-state index in [1.54, 1.807) is 6.92 Å². The Kier molecular flexibility index (Phi) is 6.17. The van der Waals surface area contributed by atoms with Crippen LogP contribution in [-0.2, 0) is 14.3 Å². The van der Waals surface area contributed by atoms with E-state index in [-0.39, 0.29) is 30.9 Å². The first-order valence-corrected chi connectivity index (χ1v) is 11.0. The fraction of sp³-hybridized carbons (Fsp3) is 0.400. The molecular weight excluding hydrogens is 408 g/mol. The first kappa shape index (κ1) is 21.9. The predicted octanol–water partition coefficient (Wildman–Crippen LogP) is 3.48. The van der Waals surface area contributed by atoms with Gasteiger partial charge in [0.15, 0.2) is 0 Å². The number of hydrogen-bond acceptors (Lipinski definition) is 4. The summed E-state index contributed by atoms with van der Waals surface area (Å²) >= 11 is 0. The summed E-state index contributed by atoms with van der Waals surface area (Å²) in [6, 6.07) is 15.4. The average molecular weight is 437 g/mol.